The number of aromatic nitrogens is 3. The average Bonchev–Trinajstić information content (AvgIpc) is 3.27. The third kappa shape index (κ3) is 5.80. The number of anilines is 3. The molecule has 0 atom stereocenters. The van der Waals surface area contributed by atoms with E-state index in [-0.39, 0.29) is 5.78 Å². The van der Waals surface area contributed by atoms with Gasteiger partial charge in [-0.2, -0.15) is 5.26 Å². The highest BCUT2D eigenvalue weighted by Gasteiger charge is 2.18. The molecule has 0 spiro atoms. The number of allylic oxidation sites excluding steroid dienone is 2. The molecule has 0 saturated carbocycles. The number of carbonyl (C=O) groups excluding carboxylic acids is 1. The lowest BCUT2D eigenvalue weighted by Crippen LogP contribution is -2.44. The fourth-order valence-electron chi connectivity index (χ4n) is 3.53. The van der Waals surface area contributed by atoms with E-state index in [1.165, 1.54) is 11.3 Å². The fourth-order valence-corrected chi connectivity index (χ4v) is 4.15. The minimum atomic E-state index is -0.0102. The summed E-state index contributed by atoms with van der Waals surface area (Å²) in [6.07, 6.45) is 5.39. The van der Waals surface area contributed by atoms with Crippen molar-refractivity contribution < 1.29 is 4.79 Å². The first kappa shape index (κ1) is 22.6. The van der Waals surface area contributed by atoms with E-state index in [1.807, 2.05) is 37.3 Å². The van der Waals surface area contributed by atoms with Gasteiger partial charge in [0.1, 0.15) is 28.4 Å². The number of nitriles is 1. The Hall–Kier alpha value is -3.61. The maximum atomic E-state index is 12.0. The van der Waals surface area contributed by atoms with E-state index < -0.39 is 0 Å². The number of ketones is 1. The quantitative estimate of drug-likeness (QED) is 0.422. The van der Waals surface area contributed by atoms with Crippen molar-refractivity contribution in [3.63, 3.8) is 0 Å². The molecule has 1 aliphatic heterocycles. The molecule has 1 fully saturated rings. The van der Waals surface area contributed by atoms with Gasteiger partial charge in [0.2, 0.25) is 0 Å². The number of rotatable bonds is 7. The third-order valence-electron chi connectivity index (χ3n) is 5.36. The van der Waals surface area contributed by atoms with Crippen LogP contribution in [0, 0.1) is 11.3 Å². The van der Waals surface area contributed by atoms with Gasteiger partial charge in [0, 0.05) is 44.2 Å². The Balaban J connectivity index is 1.59. The van der Waals surface area contributed by atoms with Gasteiger partial charge in [-0.1, -0.05) is 41.7 Å². The Morgan fingerprint density at radius 2 is 1.97 bits per heavy atom. The average molecular weight is 460 g/mol. The van der Waals surface area contributed by atoms with Crippen molar-refractivity contribution in [1.82, 2.24) is 19.9 Å². The van der Waals surface area contributed by atoms with Crippen molar-refractivity contribution >= 4 is 33.9 Å². The summed E-state index contributed by atoms with van der Waals surface area (Å²) in [4.78, 5) is 30.9. The van der Waals surface area contributed by atoms with Crippen LogP contribution < -0.4 is 10.2 Å². The molecule has 0 bridgehead atoms. The summed E-state index contributed by atoms with van der Waals surface area (Å²) < 4.78 is 0. The molecule has 2 aromatic heterocycles. The van der Waals surface area contributed by atoms with E-state index in [0.29, 0.717) is 33.6 Å². The van der Waals surface area contributed by atoms with Gasteiger partial charge < -0.3 is 15.1 Å². The highest BCUT2D eigenvalue weighted by atomic mass is 32.1. The molecular formula is C24H25N7OS. The number of carbonyl (C=O) groups is 1. The number of thiazole rings is 1. The van der Waals surface area contributed by atoms with Crippen molar-refractivity contribution in [3.8, 4) is 6.07 Å². The molecule has 0 aliphatic carbocycles. The second-order valence-corrected chi connectivity index (χ2v) is 8.85. The maximum Gasteiger partial charge on any atom is 0.189 e. The Kier molecular flexibility index (Phi) is 7.07. The van der Waals surface area contributed by atoms with E-state index in [4.69, 9.17) is 15.2 Å². The highest BCUT2D eigenvalue weighted by Crippen LogP contribution is 2.25. The topological polar surface area (TPSA) is 98.0 Å². The molecule has 1 N–H and O–H groups in total. The zero-order valence-corrected chi connectivity index (χ0v) is 19.5. The minimum Gasteiger partial charge on any atom is -0.354 e. The molecule has 0 radical (unpaired) electrons. The lowest BCUT2D eigenvalue weighted by molar-refractivity contribution is 0.104. The summed E-state index contributed by atoms with van der Waals surface area (Å²) in [5.74, 6) is 2.18. The molecule has 3 heterocycles. The molecule has 33 heavy (non-hydrogen) atoms. The number of nitrogens with zero attached hydrogens (tertiary/aromatic N) is 6. The standard InChI is InChI=1S/C24H25N7OS/c1-3-4-20(32)18-7-5-17(6-8-18)13-21-27-22(29-24-26-16-19(15-25)33-24)14-23(28-21)31-11-9-30(2)10-12-31/h3-8,14,16H,9-13H2,1-2H3,(H,26,27,28,29)/b4-3+. The van der Waals surface area contributed by atoms with Crippen molar-refractivity contribution in [2.24, 2.45) is 0 Å². The van der Waals surface area contributed by atoms with E-state index >= 15 is 0 Å². The summed E-state index contributed by atoms with van der Waals surface area (Å²) >= 11 is 1.29. The zero-order valence-electron chi connectivity index (χ0n) is 18.7. The molecule has 1 aromatic carbocycles. The molecule has 3 aromatic rings. The maximum absolute atomic E-state index is 12.0. The number of nitrogens with one attached hydrogen (secondary N) is 1. The number of hydrogen-bond acceptors (Lipinski definition) is 9. The van der Waals surface area contributed by atoms with Crippen LogP contribution in [-0.4, -0.2) is 58.9 Å². The number of hydrogen-bond donors (Lipinski definition) is 1. The Labute approximate surface area is 197 Å². The molecule has 4 rings (SSSR count). The van der Waals surface area contributed by atoms with Crippen LogP contribution in [0.3, 0.4) is 0 Å². The molecule has 0 unspecified atom stereocenters. The normalized spacial score (nSPS) is 14.4. The first-order valence-corrected chi connectivity index (χ1v) is 11.6. The van der Waals surface area contributed by atoms with Gasteiger partial charge >= 0.3 is 0 Å². The van der Waals surface area contributed by atoms with E-state index in [9.17, 15) is 4.79 Å². The summed E-state index contributed by atoms with van der Waals surface area (Å²) in [5, 5.41) is 12.9. The SMILES string of the molecule is C/C=C/C(=O)c1ccc(Cc2nc(Nc3ncc(C#N)s3)cc(N3CCN(C)CC3)n2)cc1. The van der Waals surface area contributed by atoms with Crippen LogP contribution in [0.15, 0.2) is 48.7 Å². The smallest absolute Gasteiger partial charge is 0.189 e. The number of likely N-dealkylation sites (N-methyl/N-ethyl adjacent to an activating group) is 1. The van der Waals surface area contributed by atoms with Crippen molar-refractivity contribution in [2.45, 2.75) is 13.3 Å². The zero-order chi connectivity index (χ0) is 23.2. The molecular weight excluding hydrogens is 434 g/mol. The first-order chi connectivity index (χ1) is 16.0. The van der Waals surface area contributed by atoms with Gasteiger partial charge in [0.25, 0.3) is 0 Å². The van der Waals surface area contributed by atoms with Gasteiger partial charge in [-0.25, -0.2) is 15.0 Å². The highest BCUT2D eigenvalue weighted by molar-refractivity contribution is 7.16. The van der Waals surface area contributed by atoms with Gasteiger partial charge in [0.05, 0.1) is 6.20 Å². The van der Waals surface area contributed by atoms with Gasteiger partial charge in [-0.05, 0) is 25.6 Å². The van der Waals surface area contributed by atoms with Gasteiger partial charge in [-0.3, -0.25) is 4.79 Å². The number of piperazine rings is 1. The van der Waals surface area contributed by atoms with E-state index in [1.54, 1.807) is 18.3 Å². The molecule has 168 valence electrons. The third-order valence-corrected chi connectivity index (χ3v) is 6.17. The molecule has 1 aliphatic rings. The van der Waals surface area contributed by atoms with Crippen molar-refractivity contribution in [1.29, 1.82) is 5.26 Å². The molecule has 9 heteroatoms. The predicted octanol–water partition coefficient (Wildman–Crippen LogP) is 3.65. The van der Waals surface area contributed by atoms with Crippen LogP contribution in [0.25, 0.3) is 0 Å². The van der Waals surface area contributed by atoms with Crippen molar-refractivity contribution in [2.75, 3.05) is 43.4 Å². The second-order valence-electron chi connectivity index (χ2n) is 7.82. The van der Waals surface area contributed by atoms with Gasteiger partial charge in [0.15, 0.2) is 10.9 Å². The van der Waals surface area contributed by atoms with Crippen molar-refractivity contribution in [3.05, 3.63) is 70.5 Å². The van der Waals surface area contributed by atoms with Crippen LogP contribution >= 0.6 is 11.3 Å². The molecule has 1 saturated heterocycles. The van der Waals surface area contributed by atoms with E-state index in [0.717, 1.165) is 37.6 Å². The minimum absolute atomic E-state index is 0.0102. The summed E-state index contributed by atoms with van der Waals surface area (Å²) in [6, 6.07) is 11.6. The van der Waals surface area contributed by atoms with Gasteiger partial charge in [-0.15, -0.1) is 0 Å². The van der Waals surface area contributed by atoms with Crippen LogP contribution in [0.1, 0.15) is 33.5 Å². The van der Waals surface area contributed by atoms with E-state index in [2.05, 4.69) is 33.2 Å². The largest absolute Gasteiger partial charge is 0.354 e. The van der Waals surface area contributed by atoms with Crippen LogP contribution in [0.4, 0.5) is 16.8 Å². The summed E-state index contributed by atoms with van der Waals surface area (Å²) in [6.45, 7) is 5.56. The lowest BCUT2D eigenvalue weighted by Gasteiger charge is -2.33. The van der Waals surface area contributed by atoms with Crippen LogP contribution in [-0.2, 0) is 6.42 Å². The second kappa shape index (κ2) is 10.3. The molecule has 0 amide bonds. The first-order valence-electron chi connectivity index (χ1n) is 10.7. The Bertz CT molecular complexity index is 1190. The van der Waals surface area contributed by atoms with Crippen LogP contribution in [0.2, 0.25) is 0 Å². The van der Waals surface area contributed by atoms with Crippen LogP contribution in [0.5, 0.6) is 0 Å². The fraction of sp³-hybridized carbons (Fsp3) is 0.292. The monoisotopic (exact) mass is 459 g/mol. The summed E-state index contributed by atoms with van der Waals surface area (Å²) in [5.41, 5.74) is 1.68. The lowest BCUT2D eigenvalue weighted by atomic mass is 10.1. The Morgan fingerprint density at radius 1 is 1.21 bits per heavy atom. The Morgan fingerprint density at radius 3 is 2.64 bits per heavy atom. The summed E-state index contributed by atoms with van der Waals surface area (Å²) in [7, 11) is 2.12. The molecule has 8 nitrogen and oxygen atoms in total. The number of benzene rings is 1. The predicted molar refractivity (Wildman–Crippen MR) is 130 cm³/mol.